The highest BCUT2D eigenvalue weighted by Gasteiger charge is 2.41. The van der Waals surface area contributed by atoms with Crippen molar-refractivity contribution in [3.05, 3.63) is 349 Å². The van der Waals surface area contributed by atoms with Crippen molar-refractivity contribution in [2.75, 3.05) is 89.1 Å². The minimum absolute atomic E-state index is 0.127. The number of ether oxygens (including phenoxy) is 12. The lowest BCUT2D eigenvalue weighted by molar-refractivity contribution is -0.814. The van der Waals surface area contributed by atoms with Crippen LogP contribution in [0.15, 0.2) is 315 Å². The molecule has 670 valence electrons. The number of hydrogen-bond acceptors (Lipinski definition) is 23. The fourth-order valence-corrected chi connectivity index (χ4v) is 15.1. The smallest absolute Gasteiger partial charge is 0.338 e. The number of benzene rings is 13. The van der Waals surface area contributed by atoms with Gasteiger partial charge >= 0.3 is 35.8 Å². The predicted octanol–water partition coefficient (Wildman–Crippen LogP) is 20.0. The van der Waals surface area contributed by atoms with Gasteiger partial charge in [0.15, 0.2) is 6.54 Å². The summed E-state index contributed by atoms with van der Waals surface area (Å²) in [5.41, 5.74) is 7.61. The highest BCUT2D eigenvalue weighted by molar-refractivity contribution is 6.16. The lowest BCUT2D eigenvalue weighted by atomic mass is 9.90. The van der Waals surface area contributed by atoms with Crippen molar-refractivity contribution in [3.63, 3.8) is 0 Å². The van der Waals surface area contributed by atoms with Gasteiger partial charge in [-0.2, -0.15) is 30.0 Å². The highest BCUT2D eigenvalue weighted by Crippen LogP contribution is 2.45. The van der Waals surface area contributed by atoms with Gasteiger partial charge in [-0.05, 0) is 241 Å². The Bertz CT molecular complexity index is 6000. The molecule has 0 spiro atoms. The third-order valence-electron chi connectivity index (χ3n) is 21.5. The van der Waals surface area contributed by atoms with Crippen LogP contribution < -0.4 is 48.1 Å². The number of para-hydroxylation sites is 4. The molecule has 132 heavy (non-hydrogen) atoms. The largest absolute Gasteiger partial charge is 0.493 e. The van der Waals surface area contributed by atoms with Crippen molar-refractivity contribution in [2.45, 2.75) is 54.6 Å². The van der Waals surface area contributed by atoms with Gasteiger partial charge in [0.05, 0.1) is 85.0 Å². The fraction of sp³-hybridized carbons (Fsp3) is 0.208. The molecule has 0 saturated carbocycles. The Morgan fingerprint density at radius 1 is 0.295 bits per heavy atom. The molecule has 0 aliphatic heterocycles. The zero-order valence-electron chi connectivity index (χ0n) is 73.8. The molecule has 0 fully saturated rings. The number of carbonyl (C=O) groups is 6. The second kappa shape index (κ2) is 43.1. The number of aromatic nitrogens is 6. The summed E-state index contributed by atoms with van der Waals surface area (Å²) in [5.74, 6) is -1.49. The van der Waals surface area contributed by atoms with E-state index < -0.39 is 46.6 Å². The summed E-state index contributed by atoms with van der Waals surface area (Å²) in [6.45, 7) is 9.55. The van der Waals surface area contributed by atoms with Crippen LogP contribution in [-0.2, 0) is 41.5 Å². The molecule has 0 aliphatic carbocycles. The summed E-state index contributed by atoms with van der Waals surface area (Å²) in [7, 11) is 0. The molecular weight excluding hydrogens is 1670 g/mol. The Morgan fingerprint density at radius 3 is 0.894 bits per heavy atom. The van der Waals surface area contributed by atoms with E-state index in [-0.39, 0.29) is 120 Å². The third kappa shape index (κ3) is 22.2. The highest BCUT2D eigenvalue weighted by atomic mass is 16.6. The van der Waals surface area contributed by atoms with Gasteiger partial charge in [0.2, 0.25) is 0 Å². The maximum Gasteiger partial charge on any atom is 0.338 e. The van der Waals surface area contributed by atoms with Crippen molar-refractivity contribution in [1.29, 1.82) is 0 Å². The molecule has 0 atom stereocenters. The van der Waals surface area contributed by atoms with E-state index in [1.807, 2.05) is 170 Å². The van der Waals surface area contributed by atoms with Crippen molar-refractivity contribution >= 4 is 92.0 Å². The Morgan fingerprint density at radius 2 is 0.576 bits per heavy atom. The SMILES string of the molecule is CCOC(=O)c1ccc(OCC(COc2cccc(C(=O)OCC)c2)(COc2cccc(C(=O)OCC)c2)C[n+]2nc3c(-c4ccc(N(c5ccccc5)c5ccccc5)cc4)c4nn(CC(COc5cccc(C(=O)OCC)c5)(COc5cccc(C(=O)OCC)c5)COc5cccc(C(=O)OCC)c5)nc4c(-c4ccc(N(c5ccccc5)c5ccccc5)cc4)c3[n-]2)cc1. The third-order valence-corrected chi connectivity index (χ3v) is 21.5. The maximum atomic E-state index is 13.5. The van der Waals surface area contributed by atoms with Crippen molar-refractivity contribution in [3.8, 4) is 56.8 Å². The first-order chi connectivity index (χ1) is 64.5. The number of esters is 6. The average molecular weight is 1770 g/mol. The molecule has 2 heterocycles. The Balaban J connectivity index is 0.977. The first-order valence-electron chi connectivity index (χ1n) is 43.6. The number of rotatable bonds is 42. The molecule has 15 rings (SSSR count). The fourth-order valence-electron chi connectivity index (χ4n) is 15.1. The van der Waals surface area contributed by atoms with Crippen LogP contribution in [0.25, 0.3) is 44.3 Å². The molecule has 0 radical (unpaired) electrons. The van der Waals surface area contributed by atoms with E-state index in [1.54, 1.807) is 197 Å². The molecule has 0 aliphatic rings. The Labute approximate surface area is 763 Å². The second-order valence-corrected chi connectivity index (χ2v) is 30.9. The Hall–Kier alpha value is -16.1. The first-order valence-corrected chi connectivity index (χ1v) is 43.6. The van der Waals surface area contributed by atoms with Crippen LogP contribution in [0.1, 0.15) is 104 Å². The van der Waals surface area contributed by atoms with Gasteiger partial charge in [0.1, 0.15) is 90.6 Å². The molecule has 26 nitrogen and oxygen atoms in total. The molecule has 0 saturated heterocycles. The zero-order chi connectivity index (χ0) is 91.8. The van der Waals surface area contributed by atoms with E-state index >= 15 is 0 Å². The molecular formula is C106H98N8O18. The maximum absolute atomic E-state index is 13.5. The van der Waals surface area contributed by atoms with Crippen LogP contribution in [0, 0.1) is 10.8 Å². The van der Waals surface area contributed by atoms with E-state index in [4.69, 9.17) is 77.2 Å². The monoisotopic (exact) mass is 1770 g/mol. The van der Waals surface area contributed by atoms with Gasteiger partial charge in [0.25, 0.3) is 0 Å². The quantitative estimate of drug-likeness (QED) is 0.0195. The standard InChI is InChI=1S/C106H98N8O18/c1-7-121-99(115)75-52-58-87(59-53-75)127-67-105(68-128-88-43-25-30-76(60-88)100(116)122-8-2,69-129-89-44-26-31-77(61-89)101(117)123-9-3)65-111-107-95-93(73-48-54-85(55-49-73)113(81-35-17-13-18-36-81)82-37-19-14-20-38-82)97-98(94(96(95)108-111)74-50-56-86(57-51-74)114(83-39-21-15-22-40-83)84-41-23-16-24-42-84)110-112(109-97)66-106(70-130-90-45-27-32-78(62-90)102(118)124-10-4,71-131-91-46-28-33-79(63-91)103(119)125-11-5)72-132-92-47-29-34-80(64-92)104(120)126-12-6/h13-64H,7-12,65-72H2,1-6H3. The van der Waals surface area contributed by atoms with Gasteiger partial charge in [0, 0.05) is 56.3 Å². The van der Waals surface area contributed by atoms with Gasteiger partial charge in [-0.15, -0.1) is 0 Å². The van der Waals surface area contributed by atoms with Crippen LogP contribution in [0.4, 0.5) is 34.1 Å². The molecule has 0 unspecified atom stereocenters. The van der Waals surface area contributed by atoms with Gasteiger partial charge in [-0.1, -0.05) is 127 Å². The number of anilines is 6. The van der Waals surface area contributed by atoms with E-state index in [0.717, 1.165) is 34.1 Å². The Kier molecular flexibility index (Phi) is 29.6. The summed E-state index contributed by atoms with van der Waals surface area (Å²) in [6.07, 6.45) is 0. The van der Waals surface area contributed by atoms with E-state index in [1.165, 1.54) is 0 Å². The van der Waals surface area contributed by atoms with Gasteiger partial charge < -0.3 is 66.6 Å². The molecule has 15 aromatic rings. The predicted molar refractivity (Wildman–Crippen MR) is 499 cm³/mol. The second-order valence-electron chi connectivity index (χ2n) is 30.9. The lowest BCUT2D eigenvalue weighted by Gasteiger charge is -2.33. The van der Waals surface area contributed by atoms with Crippen molar-refractivity contribution < 1.29 is 90.4 Å². The van der Waals surface area contributed by atoms with E-state index in [0.29, 0.717) is 84.4 Å². The van der Waals surface area contributed by atoms with Gasteiger partial charge in [-0.3, -0.25) is 0 Å². The summed E-state index contributed by atoms with van der Waals surface area (Å²) in [5, 5.41) is 22.8. The summed E-state index contributed by atoms with van der Waals surface area (Å²) >= 11 is 0. The van der Waals surface area contributed by atoms with Crippen LogP contribution in [0.3, 0.4) is 0 Å². The molecule has 0 amide bonds. The molecule has 0 N–H and O–H groups in total. The summed E-state index contributed by atoms with van der Waals surface area (Å²) < 4.78 is 74.3. The minimum atomic E-state index is -1.41. The van der Waals surface area contributed by atoms with Crippen LogP contribution in [0.2, 0.25) is 0 Å². The molecule has 2 aromatic heterocycles. The molecule has 0 bridgehead atoms. The summed E-state index contributed by atoms with van der Waals surface area (Å²) in [6, 6.07) is 96.1. The lowest BCUT2D eigenvalue weighted by Crippen LogP contribution is -2.55. The summed E-state index contributed by atoms with van der Waals surface area (Å²) in [4.78, 5) is 88.1. The van der Waals surface area contributed by atoms with E-state index in [9.17, 15) is 28.8 Å². The first kappa shape index (κ1) is 90.7. The number of fused-ring (bicyclic) bond motifs is 2. The topological polar surface area (TPSA) is 281 Å². The van der Waals surface area contributed by atoms with E-state index in [2.05, 4.69) is 9.80 Å². The van der Waals surface area contributed by atoms with Crippen molar-refractivity contribution in [1.82, 2.24) is 25.2 Å². The van der Waals surface area contributed by atoms with Crippen molar-refractivity contribution in [2.24, 2.45) is 10.8 Å². The molecule has 26 heteroatoms. The van der Waals surface area contributed by atoms with Crippen LogP contribution >= 0.6 is 0 Å². The number of carbonyl (C=O) groups excluding carboxylic acids is 6. The molecule has 13 aromatic carbocycles. The normalized spacial score (nSPS) is 11.3. The van der Waals surface area contributed by atoms with Crippen LogP contribution in [-0.4, -0.2) is 135 Å². The minimum Gasteiger partial charge on any atom is -0.493 e. The average Bonchev–Trinajstić information content (AvgIpc) is 1.56. The van der Waals surface area contributed by atoms with Gasteiger partial charge in [-0.25, -0.2) is 28.8 Å². The number of nitrogens with zero attached hydrogens (tertiary/aromatic N) is 8. The zero-order valence-corrected chi connectivity index (χ0v) is 73.8. The number of hydrogen-bond donors (Lipinski definition) is 0. The van der Waals surface area contributed by atoms with Crippen LogP contribution in [0.5, 0.6) is 34.5 Å².